The number of hydrogen-bond donors (Lipinski definition) is 1. The van der Waals surface area contributed by atoms with Gasteiger partial charge in [-0.05, 0) is 37.1 Å². The number of nitrogens with one attached hydrogen (secondary N) is 1. The van der Waals surface area contributed by atoms with E-state index in [0.717, 1.165) is 22.6 Å². The molecule has 0 saturated heterocycles. The highest BCUT2D eigenvalue weighted by atomic mass is 16.5. The Hall–Kier alpha value is -3.41. The van der Waals surface area contributed by atoms with Crippen LogP contribution in [0.1, 0.15) is 24.0 Å². The molecule has 0 spiro atoms. The number of ether oxygens (including phenoxy) is 1. The maximum absolute atomic E-state index is 12.1. The second kappa shape index (κ2) is 9.68. The molecule has 0 aliphatic rings. The van der Waals surface area contributed by atoms with Gasteiger partial charge in [-0.2, -0.15) is 5.10 Å². The number of carbonyl (C=O) groups excluding carboxylic acids is 1. The molecule has 3 aromatic rings. The minimum atomic E-state index is -0.167. The molecule has 1 N–H and O–H groups in total. The summed E-state index contributed by atoms with van der Waals surface area (Å²) in [6, 6.07) is 18.8. The molecule has 6 heteroatoms. The van der Waals surface area contributed by atoms with Crippen LogP contribution in [-0.2, 0) is 17.9 Å². The van der Waals surface area contributed by atoms with Crippen molar-refractivity contribution < 1.29 is 9.53 Å². The van der Waals surface area contributed by atoms with Gasteiger partial charge in [0.1, 0.15) is 5.75 Å². The third kappa shape index (κ3) is 5.78. The van der Waals surface area contributed by atoms with Gasteiger partial charge >= 0.3 is 0 Å². The molecule has 0 saturated carbocycles. The molecule has 1 amide bonds. The Morgan fingerprint density at radius 1 is 1.03 bits per heavy atom. The van der Waals surface area contributed by atoms with Gasteiger partial charge in [0.25, 0.3) is 5.56 Å². The Bertz CT molecular complexity index is 1010. The average Bonchev–Trinajstić information content (AvgIpc) is 2.74. The summed E-state index contributed by atoms with van der Waals surface area (Å²) in [6.07, 6.45) is 0.873. The van der Waals surface area contributed by atoms with Crippen molar-refractivity contribution in [1.82, 2.24) is 15.1 Å². The van der Waals surface area contributed by atoms with Crippen molar-refractivity contribution in [3.8, 4) is 17.0 Å². The van der Waals surface area contributed by atoms with Gasteiger partial charge in [-0.15, -0.1) is 0 Å². The van der Waals surface area contributed by atoms with Gasteiger partial charge in [-0.3, -0.25) is 9.59 Å². The van der Waals surface area contributed by atoms with Gasteiger partial charge in [0.05, 0.1) is 12.8 Å². The first kappa shape index (κ1) is 20.3. The number of methoxy groups -OCH3 is 1. The Morgan fingerprint density at radius 2 is 1.76 bits per heavy atom. The van der Waals surface area contributed by atoms with E-state index in [1.54, 1.807) is 13.2 Å². The van der Waals surface area contributed by atoms with Crippen molar-refractivity contribution >= 4 is 5.91 Å². The van der Waals surface area contributed by atoms with Crippen LogP contribution in [0.15, 0.2) is 65.5 Å². The highest BCUT2D eigenvalue weighted by Crippen LogP contribution is 2.16. The number of aryl methyl sites for hydroxylation is 2. The average molecular weight is 391 g/mol. The third-order valence-corrected chi connectivity index (χ3v) is 4.64. The Labute approximate surface area is 170 Å². The highest BCUT2D eigenvalue weighted by molar-refractivity contribution is 5.75. The summed E-state index contributed by atoms with van der Waals surface area (Å²) in [5.74, 6) is 0.731. The minimum Gasteiger partial charge on any atom is -0.497 e. The molecule has 3 rings (SSSR count). The number of benzene rings is 2. The zero-order valence-electron chi connectivity index (χ0n) is 16.7. The van der Waals surface area contributed by atoms with Gasteiger partial charge in [0.2, 0.25) is 5.91 Å². The highest BCUT2D eigenvalue weighted by Gasteiger charge is 2.06. The Balaban J connectivity index is 1.51. The van der Waals surface area contributed by atoms with E-state index >= 15 is 0 Å². The first-order chi connectivity index (χ1) is 14.0. The van der Waals surface area contributed by atoms with Crippen molar-refractivity contribution in [3.05, 3.63) is 82.1 Å². The smallest absolute Gasteiger partial charge is 0.266 e. The maximum atomic E-state index is 12.1. The van der Waals surface area contributed by atoms with Crippen molar-refractivity contribution in [2.45, 2.75) is 32.9 Å². The molecule has 29 heavy (non-hydrogen) atoms. The summed E-state index contributed by atoms with van der Waals surface area (Å²) >= 11 is 0. The zero-order valence-corrected chi connectivity index (χ0v) is 16.7. The summed E-state index contributed by atoms with van der Waals surface area (Å²) < 4.78 is 6.54. The zero-order chi connectivity index (χ0) is 20.6. The number of amides is 1. The molecule has 6 nitrogen and oxygen atoms in total. The molecule has 0 aliphatic heterocycles. The Morgan fingerprint density at radius 3 is 2.45 bits per heavy atom. The van der Waals surface area contributed by atoms with Gasteiger partial charge in [-0.1, -0.05) is 42.0 Å². The maximum Gasteiger partial charge on any atom is 0.266 e. The van der Waals surface area contributed by atoms with E-state index in [1.165, 1.54) is 16.3 Å². The van der Waals surface area contributed by atoms with E-state index in [-0.39, 0.29) is 11.5 Å². The van der Waals surface area contributed by atoms with E-state index in [2.05, 4.69) is 10.4 Å². The quantitative estimate of drug-likeness (QED) is 0.639. The van der Waals surface area contributed by atoms with Crippen LogP contribution in [-0.4, -0.2) is 22.8 Å². The SMILES string of the molecule is COc1ccc(CNC(=O)CCCn2nc(-c3ccc(C)cc3)ccc2=O)cc1. The lowest BCUT2D eigenvalue weighted by Gasteiger charge is -2.08. The van der Waals surface area contributed by atoms with Crippen LogP contribution >= 0.6 is 0 Å². The molecule has 150 valence electrons. The third-order valence-electron chi connectivity index (χ3n) is 4.64. The van der Waals surface area contributed by atoms with Crippen molar-refractivity contribution in [3.63, 3.8) is 0 Å². The molecular weight excluding hydrogens is 366 g/mol. The molecule has 0 unspecified atom stereocenters. The normalized spacial score (nSPS) is 10.6. The lowest BCUT2D eigenvalue weighted by Crippen LogP contribution is -2.25. The topological polar surface area (TPSA) is 73.2 Å². The fourth-order valence-electron chi connectivity index (χ4n) is 2.91. The largest absolute Gasteiger partial charge is 0.497 e. The second-order valence-corrected chi connectivity index (χ2v) is 6.87. The summed E-state index contributed by atoms with van der Waals surface area (Å²) in [7, 11) is 1.62. The van der Waals surface area contributed by atoms with Crippen molar-refractivity contribution in [1.29, 1.82) is 0 Å². The van der Waals surface area contributed by atoms with E-state index in [1.807, 2.05) is 55.5 Å². The minimum absolute atomic E-state index is 0.0523. The lowest BCUT2D eigenvalue weighted by atomic mass is 10.1. The summed E-state index contributed by atoms with van der Waals surface area (Å²) in [5, 5.41) is 7.33. The van der Waals surface area contributed by atoms with Gasteiger partial charge in [0.15, 0.2) is 0 Å². The van der Waals surface area contributed by atoms with Gasteiger partial charge < -0.3 is 10.1 Å². The summed E-state index contributed by atoms with van der Waals surface area (Å²) in [5.41, 5.74) is 3.71. The van der Waals surface area contributed by atoms with E-state index in [9.17, 15) is 9.59 Å². The molecule has 0 aliphatic carbocycles. The van der Waals surface area contributed by atoms with Crippen LogP contribution in [0.5, 0.6) is 5.75 Å². The van der Waals surface area contributed by atoms with E-state index < -0.39 is 0 Å². The van der Waals surface area contributed by atoms with Crippen LogP contribution < -0.4 is 15.6 Å². The van der Waals surface area contributed by atoms with E-state index in [4.69, 9.17) is 4.74 Å². The standard InChI is InChI=1S/C23H25N3O3/c1-17-5-9-19(10-6-17)21-13-14-23(28)26(25-21)15-3-4-22(27)24-16-18-7-11-20(29-2)12-8-18/h5-14H,3-4,15-16H2,1-2H3,(H,24,27). The molecule has 0 bridgehead atoms. The monoisotopic (exact) mass is 391 g/mol. The lowest BCUT2D eigenvalue weighted by molar-refractivity contribution is -0.121. The molecule has 1 heterocycles. The molecule has 2 aromatic carbocycles. The predicted octanol–water partition coefficient (Wildman–Crippen LogP) is 3.32. The first-order valence-electron chi connectivity index (χ1n) is 9.60. The van der Waals surface area contributed by atoms with Crippen LogP contribution in [0.3, 0.4) is 0 Å². The van der Waals surface area contributed by atoms with Crippen LogP contribution in [0.2, 0.25) is 0 Å². The van der Waals surface area contributed by atoms with Crippen LogP contribution in [0, 0.1) is 6.92 Å². The molecule has 0 atom stereocenters. The second-order valence-electron chi connectivity index (χ2n) is 6.87. The number of hydrogen-bond acceptors (Lipinski definition) is 4. The fraction of sp³-hybridized carbons (Fsp3) is 0.261. The van der Waals surface area contributed by atoms with Crippen molar-refractivity contribution in [2.24, 2.45) is 0 Å². The summed E-state index contributed by atoms with van der Waals surface area (Å²) in [4.78, 5) is 24.2. The number of aromatic nitrogens is 2. The molecule has 1 aromatic heterocycles. The first-order valence-corrected chi connectivity index (χ1v) is 9.60. The summed E-state index contributed by atoms with van der Waals surface area (Å²) in [6.45, 7) is 2.89. The van der Waals surface area contributed by atoms with Crippen LogP contribution in [0.4, 0.5) is 0 Å². The number of rotatable bonds is 8. The van der Waals surface area contributed by atoms with Gasteiger partial charge in [0, 0.05) is 31.1 Å². The fourth-order valence-corrected chi connectivity index (χ4v) is 2.91. The van der Waals surface area contributed by atoms with Crippen LogP contribution in [0.25, 0.3) is 11.3 Å². The molecule has 0 radical (unpaired) electrons. The predicted molar refractivity (Wildman–Crippen MR) is 113 cm³/mol. The number of nitrogens with zero attached hydrogens (tertiary/aromatic N) is 2. The van der Waals surface area contributed by atoms with Gasteiger partial charge in [-0.25, -0.2) is 4.68 Å². The van der Waals surface area contributed by atoms with E-state index in [0.29, 0.717) is 25.9 Å². The number of carbonyl (C=O) groups is 1. The Kier molecular flexibility index (Phi) is 6.79. The molecule has 0 fully saturated rings. The molecular formula is C23H25N3O3. The van der Waals surface area contributed by atoms with Crippen molar-refractivity contribution in [2.75, 3.05) is 7.11 Å².